The van der Waals surface area contributed by atoms with Gasteiger partial charge in [-0.15, -0.1) is 11.8 Å². The van der Waals surface area contributed by atoms with Crippen LogP contribution >= 0.6 is 11.8 Å². The zero-order chi connectivity index (χ0) is 10.6. The highest BCUT2D eigenvalue weighted by molar-refractivity contribution is 8.00. The molecule has 4 fully saturated rings. The highest BCUT2D eigenvalue weighted by Gasteiger charge is 2.58. The van der Waals surface area contributed by atoms with Crippen LogP contribution in [-0.4, -0.2) is 40.3 Å². The monoisotopic (exact) mass is 228 g/mol. The minimum Gasteiger partial charge on any atom is -0.480 e. The molecule has 0 amide bonds. The number of fused-ring (bicyclic) bond motifs is 1. The van der Waals surface area contributed by atoms with Crippen LogP contribution < -0.4 is 10.6 Å². The minimum atomic E-state index is -0.717. The first-order chi connectivity index (χ1) is 7.10. The van der Waals surface area contributed by atoms with Gasteiger partial charge in [0.25, 0.3) is 0 Å². The lowest BCUT2D eigenvalue weighted by molar-refractivity contribution is -0.139. The van der Waals surface area contributed by atoms with Crippen molar-refractivity contribution in [2.75, 3.05) is 12.3 Å². The average molecular weight is 228 g/mol. The van der Waals surface area contributed by atoms with Gasteiger partial charge in [0.15, 0.2) is 0 Å². The first kappa shape index (κ1) is 9.93. The highest BCUT2D eigenvalue weighted by Crippen LogP contribution is 2.52. The molecule has 4 aliphatic rings. The number of rotatable bonds is 2. The number of carboxylic acids is 1. The molecule has 15 heavy (non-hydrogen) atoms. The molecule has 0 aromatic carbocycles. The number of thioether (sulfide) groups is 1. The molecule has 0 radical (unpaired) electrons. The summed E-state index contributed by atoms with van der Waals surface area (Å²) in [6, 6.07) is 0.257. The predicted molar refractivity (Wildman–Crippen MR) is 58.8 cm³/mol. The molecule has 0 aromatic rings. The maximum atomic E-state index is 10.9. The summed E-state index contributed by atoms with van der Waals surface area (Å²) >= 11 is 1.78. The number of hydrogen-bond donors (Lipinski definition) is 3. The van der Waals surface area contributed by atoms with Crippen LogP contribution in [-0.2, 0) is 4.79 Å². The lowest BCUT2D eigenvalue weighted by atomic mass is 9.69. The van der Waals surface area contributed by atoms with Gasteiger partial charge in [0.05, 0.1) is 4.87 Å². The lowest BCUT2D eigenvalue weighted by Gasteiger charge is -2.45. The van der Waals surface area contributed by atoms with E-state index in [0.29, 0.717) is 17.7 Å². The van der Waals surface area contributed by atoms with Gasteiger partial charge in [-0.3, -0.25) is 10.1 Å². The summed E-state index contributed by atoms with van der Waals surface area (Å²) in [5.74, 6) is 1.35. The van der Waals surface area contributed by atoms with E-state index in [-0.39, 0.29) is 10.9 Å². The Morgan fingerprint density at radius 1 is 1.60 bits per heavy atom. The van der Waals surface area contributed by atoms with Crippen LogP contribution in [0.25, 0.3) is 0 Å². The van der Waals surface area contributed by atoms with E-state index < -0.39 is 5.97 Å². The van der Waals surface area contributed by atoms with Crippen LogP contribution in [0.1, 0.15) is 13.3 Å². The van der Waals surface area contributed by atoms with Crippen molar-refractivity contribution in [1.29, 1.82) is 0 Å². The molecule has 0 spiro atoms. The Kier molecular flexibility index (Phi) is 2.06. The summed E-state index contributed by atoms with van der Waals surface area (Å²) in [7, 11) is 0. The van der Waals surface area contributed by atoms with E-state index in [1.54, 1.807) is 11.8 Å². The molecule has 3 aliphatic heterocycles. The molecule has 4 nitrogen and oxygen atoms in total. The Balaban J connectivity index is 1.73. The third-order valence-corrected chi connectivity index (χ3v) is 5.57. The molecule has 5 heteroatoms. The molecule has 4 rings (SSSR count). The number of carboxylic acid groups (broad SMARTS) is 1. The van der Waals surface area contributed by atoms with Gasteiger partial charge >= 0.3 is 5.97 Å². The fraction of sp³-hybridized carbons (Fsp3) is 0.900. The van der Waals surface area contributed by atoms with Crippen LogP contribution in [0.5, 0.6) is 0 Å². The minimum absolute atomic E-state index is 0.0276. The van der Waals surface area contributed by atoms with Crippen molar-refractivity contribution in [1.82, 2.24) is 10.6 Å². The number of aliphatic carboxylic acids is 1. The number of nitrogens with one attached hydrogen (secondary N) is 2. The van der Waals surface area contributed by atoms with Gasteiger partial charge in [-0.25, -0.2) is 0 Å². The first-order valence-corrected chi connectivity index (χ1v) is 6.46. The van der Waals surface area contributed by atoms with Crippen molar-refractivity contribution in [2.24, 2.45) is 11.8 Å². The van der Waals surface area contributed by atoms with Crippen LogP contribution in [0, 0.1) is 11.8 Å². The van der Waals surface area contributed by atoms with E-state index in [0.717, 1.165) is 12.5 Å². The van der Waals surface area contributed by atoms with Crippen LogP contribution in [0.3, 0.4) is 0 Å². The van der Waals surface area contributed by atoms with E-state index >= 15 is 0 Å². The summed E-state index contributed by atoms with van der Waals surface area (Å²) < 4.78 is 0. The van der Waals surface area contributed by atoms with Gasteiger partial charge in [-0.05, 0) is 25.8 Å². The van der Waals surface area contributed by atoms with Crippen LogP contribution in [0.4, 0.5) is 0 Å². The largest absolute Gasteiger partial charge is 0.480 e. The van der Waals surface area contributed by atoms with Crippen molar-refractivity contribution in [3.05, 3.63) is 0 Å². The molecule has 1 aliphatic carbocycles. The quantitative estimate of drug-likeness (QED) is 0.626. The summed E-state index contributed by atoms with van der Waals surface area (Å²) in [5, 5.41) is 15.8. The average Bonchev–Trinajstić information content (AvgIpc) is 2.75. The Labute approximate surface area is 93.2 Å². The second kappa shape index (κ2) is 3.12. The second-order valence-electron chi connectivity index (χ2n) is 4.99. The van der Waals surface area contributed by atoms with Crippen LogP contribution in [0.2, 0.25) is 0 Å². The Hall–Kier alpha value is -0.260. The molecule has 4 unspecified atom stereocenters. The zero-order valence-electron chi connectivity index (χ0n) is 8.69. The van der Waals surface area contributed by atoms with Gasteiger partial charge in [0.2, 0.25) is 0 Å². The van der Waals surface area contributed by atoms with E-state index in [1.165, 1.54) is 6.42 Å². The summed E-state index contributed by atoms with van der Waals surface area (Å²) in [6.45, 7) is 3.28. The number of hydrogen-bond acceptors (Lipinski definition) is 4. The zero-order valence-corrected chi connectivity index (χ0v) is 9.51. The Morgan fingerprint density at radius 2 is 2.40 bits per heavy atom. The molecule has 3 N–H and O–H groups in total. The molecule has 0 aromatic heterocycles. The summed E-state index contributed by atoms with van der Waals surface area (Å²) in [5.41, 5.74) is 0. The van der Waals surface area contributed by atoms with E-state index in [4.69, 9.17) is 5.11 Å². The van der Waals surface area contributed by atoms with Gasteiger partial charge in [-0.2, -0.15) is 0 Å². The van der Waals surface area contributed by atoms with Crippen LogP contribution in [0.15, 0.2) is 0 Å². The third-order valence-electron chi connectivity index (χ3n) is 4.09. The van der Waals surface area contributed by atoms with Crippen molar-refractivity contribution >= 4 is 17.7 Å². The topological polar surface area (TPSA) is 61.4 Å². The maximum absolute atomic E-state index is 10.9. The first-order valence-electron chi connectivity index (χ1n) is 5.48. The Bertz CT molecular complexity index is 298. The standard InChI is InChI=1S/C10H16N2O2S/c1-10(8-5-2-6(8)11-3-5)12-7(4-15-10)9(13)14/h5-8,11-12H,2-4H2,1H3,(H,13,14)/t5?,6?,7-,8?,10?/m1/s1. The van der Waals surface area contributed by atoms with Crippen molar-refractivity contribution in [3.8, 4) is 0 Å². The third kappa shape index (κ3) is 1.33. The summed E-state index contributed by atoms with van der Waals surface area (Å²) in [6.07, 6.45) is 1.28. The predicted octanol–water partition coefficient (Wildman–Crippen LogP) is 0.100. The highest BCUT2D eigenvalue weighted by atomic mass is 32.2. The normalized spacial score (nSPS) is 52.9. The SMILES string of the molecule is CC1(C2C3CNC2C3)N[C@@H](C(=O)O)CS1. The van der Waals surface area contributed by atoms with E-state index in [2.05, 4.69) is 17.6 Å². The molecular formula is C10H16N2O2S. The molecule has 5 atom stereocenters. The van der Waals surface area contributed by atoms with Crippen molar-refractivity contribution in [3.63, 3.8) is 0 Å². The molecule has 84 valence electrons. The molecule has 3 saturated heterocycles. The van der Waals surface area contributed by atoms with Gasteiger partial charge < -0.3 is 10.4 Å². The fourth-order valence-corrected chi connectivity index (χ4v) is 4.83. The molecule has 1 saturated carbocycles. The van der Waals surface area contributed by atoms with E-state index in [9.17, 15) is 4.79 Å². The van der Waals surface area contributed by atoms with Gasteiger partial charge in [0, 0.05) is 17.7 Å². The van der Waals surface area contributed by atoms with Gasteiger partial charge in [0.1, 0.15) is 6.04 Å². The van der Waals surface area contributed by atoms with Crippen molar-refractivity contribution < 1.29 is 9.90 Å². The second-order valence-corrected chi connectivity index (χ2v) is 6.46. The number of carbonyl (C=O) groups is 1. The molecule has 3 heterocycles. The molecule has 2 bridgehead atoms. The molecular weight excluding hydrogens is 212 g/mol. The summed E-state index contributed by atoms with van der Waals surface area (Å²) in [4.78, 5) is 10.9. The van der Waals surface area contributed by atoms with Crippen molar-refractivity contribution in [2.45, 2.75) is 30.3 Å². The van der Waals surface area contributed by atoms with E-state index in [1.807, 2.05) is 0 Å². The maximum Gasteiger partial charge on any atom is 0.321 e. The smallest absolute Gasteiger partial charge is 0.321 e. The lowest BCUT2D eigenvalue weighted by Crippen LogP contribution is -2.57. The van der Waals surface area contributed by atoms with Gasteiger partial charge in [-0.1, -0.05) is 0 Å². The Morgan fingerprint density at radius 3 is 2.87 bits per heavy atom. The fourth-order valence-electron chi connectivity index (χ4n) is 3.32.